The van der Waals surface area contributed by atoms with E-state index >= 15 is 0 Å². The second-order valence-corrected chi connectivity index (χ2v) is 8.25. The first-order valence-corrected chi connectivity index (χ1v) is 9.91. The molecular weight excluding hydrogens is 363 g/mol. The Morgan fingerprint density at radius 2 is 1.96 bits per heavy atom. The predicted octanol–water partition coefficient (Wildman–Crippen LogP) is 0.221. The Kier molecular flexibility index (Phi) is 4.21. The average molecular weight is 386 g/mol. The van der Waals surface area contributed by atoms with Crippen LogP contribution < -0.4 is 15.5 Å². The molecular formula is C20H23FN4O3. The molecule has 4 aliphatic heterocycles. The number of hydrogen-bond donors (Lipinski definition) is 2. The second kappa shape index (κ2) is 6.63. The molecule has 1 aromatic rings. The third-order valence-electron chi connectivity index (χ3n) is 6.65. The maximum absolute atomic E-state index is 14.9. The number of anilines is 1. The van der Waals surface area contributed by atoms with Gasteiger partial charge in [-0.15, -0.1) is 0 Å². The van der Waals surface area contributed by atoms with Crippen LogP contribution in [0.1, 0.15) is 35.2 Å². The molecule has 7 nitrogen and oxygen atoms in total. The standard InChI is InChI=1S/C20H23FN4O3/c21-16-5-14(24-9-12-4-15(24)7-22-12)3-11-8-25(20(28)19(11)16)13-1-2-17(23-6-13)18(27)10-26/h3,5,10,12-13,15,17,22-23H,1-2,4,6-9H2. The molecule has 5 rings (SSSR count). The first-order chi connectivity index (χ1) is 13.5. The van der Waals surface area contributed by atoms with E-state index in [1.807, 2.05) is 6.07 Å². The summed E-state index contributed by atoms with van der Waals surface area (Å²) in [4.78, 5) is 39.0. The number of carbonyl (C=O) groups is 3. The summed E-state index contributed by atoms with van der Waals surface area (Å²) in [6.07, 6.45) is 2.54. The van der Waals surface area contributed by atoms with Crippen LogP contribution in [-0.2, 0) is 16.1 Å². The van der Waals surface area contributed by atoms with Crippen molar-refractivity contribution in [1.82, 2.24) is 15.5 Å². The molecule has 2 N–H and O–H groups in total. The van der Waals surface area contributed by atoms with E-state index in [-0.39, 0.29) is 17.5 Å². The highest BCUT2D eigenvalue weighted by Gasteiger charge is 2.41. The predicted molar refractivity (Wildman–Crippen MR) is 99.7 cm³/mol. The zero-order valence-corrected chi connectivity index (χ0v) is 15.5. The molecule has 4 atom stereocenters. The van der Waals surface area contributed by atoms with Crippen LogP contribution in [0.5, 0.6) is 0 Å². The van der Waals surface area contributed by atoms with Gasteiger partial charge in [-0.3, -0.25) is 14.4 Å². The SMILES string of the molecule is O=CC(=O)C1CCC(N2Cc3cc(N4CC5CC4CN5)cc(F)c3C2=O)CN1. The van der Waals surface area contributed by atoms with Crippen LogP contribution in [0.25, 0.3) is 0 Å². The van der Waals surface area contributed by atoms with Gasteiger partial charge in [0.2, 0.25) is 5.78 Å². The van der Waals surface area contributed by atoms with Gasteiger partial charge in [-0.25, -0.2) is 4.39 Å². The summed E-state index contributed by atoms with van der Waals surface area (Å²) in [6.45, 7) is 2.61. The van der Waals surface area contributed by atoms with E-state index in [2.05, 4.69) is 15.5 Å². The number of benzene rings is 1. The first kappa shape index (κ1) is 17.8. The van der Waals surface area contributed by atoms with Gasteiger partial charge in [-0.1, -0.05) is 0 Å². The molecule has 1 aromatic carbocycles. The number of nitrogens with one attached hydrogen (secondary N) is 2. The zero-order chi connectivity index (χ0) is 19.4. The lowest BCUT2D eigenvalue weighted by Gasteiger charge is -2.34. The molecule has 148 valence electrons. The highest BCUT2D eigenvalue weighted by atomic mass is 19.1. The second-order valence-electron chi connectivity index (χ2n) is 8.25. The average Bonchev–Trinajstić information content (AvgIpc) is 3.42. The van der Waals surface area contributed by atoms with Gasteiger partial charge in [0, 0.05) is 50.0 Å². The van der Waals surface area contributed by atoms with Crippen molar-refractivity contribution in [2.45, 2.75) is 50.0 Å². The summed E-state index contributed by atoms with van der Waals surface area (Å²) in [5.74, 6) is -1.19. The van der Waals surface area contributed by atoms with Crippen LogP contribution in [-0.4, -0.2) is 66.7 Å². The Hall–Kier alpha value is -2.32. The van der Waals surface area contributed by atoms with Crippen LogP contribution in [0.3, 0.4) is 0 Å². The molecule has 4 aliphatic rings. The minimum absolute atomic E-state index is 0.106. The number of fused-ring (bicyclic) bond motifs is 3. The fraction of sp³-hybridized carbons (Fsp3) is 0.550. The van der Waals surface area contributed by atoms with Crippen LogP contribution in [0.2, 0.25) is 0 Å². The number of ketones is 1. The Balaban J connectivity index is 1.34. The maximum atomic E-state index is 14.9. The minimum Gasteiger partial charge on any atom is -0.366 e. The number of piperidine rings is 1. The van der Waals surface area contributed by atoms with Gasteiger partial charge < -0.3 is 20.4 Å². The fourth-order valence-electron chi connectivity index (χ4n) is 5.18. The van der Waals surface area contributed by atoms with E-state index in [0.717, 1.165) is 30.8 Å². The summed E-state index contributed by atoms with van der Waals surface area (Å²) in [5.41, 5.74) is 1.78. The minimum atomic E-state index is -0.476. The third kappa shape index (κ3) is 2.74. The molecule has 0 aromatic heterocycles. The smallest absolute Gasteiger partial charge is 0.257 e. The van der Waals surface area contributed by atoms with E-state index in [0.29, 0.717) is 44.3 Å². The van der Waals surface area contributed by atoms with Crippen LogP contribution >= 0.6 is 0 Å². The largest absolute Gasteiger partial charge is 0.366 e. The van der Waals surface area contributed by atoms with Crippen LogP contribution in [0.4, 0.5) is 10.1 Å². The first-order valence-electron chi connectivity index (χ1n) is 9.91. The van der Waals surface area contributed by atoms with Crippen molar-refractivity contribution >= 4 is 23.7 Å². The quantitative estimate of drug-likeness (QED) is 0.569. The molecule has 4 heterocycles. The van der Waals surface area contributed by atoms with Crippen LogP contribution in [0, 0.1) is 5.82 Å². The summed E-state index contributed by atoms with van der Waals surface area (Å²) in [6, 6.07) is 3.74. The number of nitrogens with zero attached hydrogens (tertiary/aromatic N) is 2. The molecule has 0 saturated carbocycles. The lowest BCUT2D eigenvalue weighted by molar-refractivity contribution is -0.131. The Bertz CT molecular complexity index is 852. The van der Waals surface area contributed by atoms with Gasteiger partial charge in [0.25, 0.3) is 5.91 Å². The summed E-state index contributed by atoms with van der Waals surface area (Å²) >= 11 is 0. The number of aldehydes is 1. The molecule has 2 bridgehead atoms. The van der Waals surface area contributed by atoms with Crippen molar-refractivity contribution in [2.24, 2.45) is 0 Å². The van der Waals surface area contributed by atoms with Crippen molar-refractivity contribution in [2.75, 3.05) is 24.5 Å². The summed E-state index contributed by atoms with van der Waals surface area (Å²) in [5, 5.41) is 6.49. The van der Waals surface area contributed by atoms with Gasteiger partial charge in [0.1, 0.15) is 5.82 Å². The Morgan fingerprint density at radius 1 is 1.14 bits per heavy atom. The lowest BCUT2D eigenvalue weighted by atomic mass is 9.97. The number of halogens is 1. The van der Waals surface area contributed by atoms with Crippen molar-refractivity contribution in [3.63, 3.8) is 0 Å². The van der Waals surface area contributed by atoms with Crippen molar-refractivity contribution in [1.29, 1.82) is 0 Å². The Morgan fingerprint density at radius 3 is 2.61 bits per heavy atom. The molecule has 3 fully saturated rings. The van der Waals surface area contributed by atoms with Crippen LogP contribution in [0.15, 0.2) is 12.1 Å². The number of rotatable bonds is 4. The molecule has 0 radical (unpaired) electrons. The van der Waals surface area contributed by atoms with Gasteiger partial charge in [0.15, 0.2) is 6.29 Å². The van der Waals surface area contributed by atoms with E-state index in [1.54, 1.807) is 4.90 Å². The van der Waals surface area contributed by atoms with Gasteiger partial charge >= 0.3 is 0 Å². The number of amides is 1. The highest BCUT2D eigenvalue weighted by molar-refractivity contribution is 6.27. The molecule has 3 saturated heterocycles. The highest BCUT2D eigenvalue weighted by Crippen LogP contribution is 2.36. The Labute approximate surface area is 162 Å². The summed E-state index contributed by atoms with van der Waals surface area (Å²) < 4.78 is 14.9. The molecule has 0 spiro atoms. The van der Waals surface area contributed by atoms with Gasteiger partial charge in [-0.2, -0.15) is 0 Å². The molecule has 28 heavy (non-hydrogen) atoms. The number of piperazine rings is 1. The van der Waals surface area contributed by atoms with Crippen molar-refractivity contribution in [3.05, 3.63) is 29.1 Å². The number of carbonyl (C=O) groups excluding carboxylic acids is 3. The topological polar surface area (TPSA) is 81.8 Å². The number of Topliss-reactive ketones (excluding diaryl/α,β-unsaturated/α-hetero) is 1. The zero-order valence-electron chi connectivity index (χ0n) is 15.5. The van der Waals surface area contributed by atoms with E-state index in [4.69, 9.17) is 0 Å². The van der Waals surface area contributed by atoms with Gasteiger partial charge in [0.05, 0.1) is 11.6 Å². The lowest BCUT2D eigenvalue weighted by Crippen LogP contribution is -2.52. The fourth-order valence-corrected chi connectivity index (χ4v) is 5.18. The van der Waals surface area contributed by atoms with E-state index in [1.165, 1.54) is 6.07 Å². The van der Waals surface area contributed by atoms with Gasteiger partial charge in [-0.05, 0) is 37.0 Å². The van der Waals surface area contributed by atoms with E-state index < -0.39 is 17.6 Å². The molecule has 4 unspecified atom stereocenters. The maximum Gasteiger partial charge on any atom is 0.257 e. The monoisotopic (exact) mass is 386 g/mol. The number of hydrogen-bond acceptors (Lipinski definition) is 6. The van der Waals surface area contributed by atoms with Crippen molar-refractivity contribution < 1.29 is 18.8 Å². The normalized spacial score (nSPS) is 31.4. The molecule has 1 amide bonds. The molecule has 0 aliphatic carbocycles. The van der Waals surface area contributed by atoms with Crippen molar-refractivity contribution in [3.8, 4) is 0 Å². The summed E-state index contributed by atoms with van der Waals surface area (Å²) in [7, 11) is 0. The van der Waals surface area contributed by atoms with E-state index in [9.17, 15) is 18.8 Å². The molecule has 8 heteroatoms. The third-order valence-corrected chi connectivity index (χ3v) is 6.65.